The Labute approximate surface area is 430 Å². The number of aromatic nitrogens is 3. The maximum Gasteiger partial charge on any atom is 0.164 e. The lowest BCUT2D eigenvalue weighted by molar-refractivity contribution is 1.07. The van der Waals surface area contributed by atoms with Gasteiger partial charge in [0, 0.05) is 16.7 Å². The van der Waals surface area contributed by atoms with Gasteiger partial charge in [-0.1, -0.05) is 249 Å². The first-order valence-electron chi connectivity index (χ1n) is 25.2. The van der Waals surface area contributed by atoms with Crippen molar-refractivity contribution in [3.63, 3.8) is 0 Å². The first kappa shape index (κ1) is 43.0. The van der Waals surface area contributed by atoms with Crippen LogP contribution in [-0.2, 0) is 0 Å². The van der Waals surface area contributed by atoms with Crippen molar-refractivity contribution in [2.24, 2.45) is 0 Å². The smallest absolute Gasteiger partial charge is 0.164 e. The van der Waals surface area contributed by atoms with E-state index in [-0.39, 0.29) is 0 Å². The van der Waals surface area contributed by atoms with Crippen LogP contribution in [0.2, 0.25) is 0 Å². The zero-order valence-corrected chi connectivity index (χ0v) is 40.3. The van der Waals surface area contributed by atoms with Crippen molar-refractivity contribution in [3.8, 4) is 123 Å². The molecule has 0 fully saturated rings. The Balaban J connectivity index is 0.847. The van der Waals surface area contributed by atoms with Crippen molar-refractivity contribution in [2.45, 2.75) is 0 Å². The zero-order chi connectivity index (χ0) is 49.0. The molecule has 0 atom stereocenters. The van der Waals surface area contributed by atoms with Gasteiger partial charge in [-0.05, 0) is 135 Å². The fraction of sp³-hybridized carbons (Fsp3) is 0. The lowest BCUT2D eigenvalue weighted by Gasteiger charge is -2.15. The van der Waals surface area contributed by atoms with Crippen molar-refractivity contribution >= 4 is 21.5 Å². The number of hydrogen-bond acceptors (Lipinski definition) is 3. The molecule has 0 bridgehead atoms. The van der Waals surface area contributed by atoms with Gasteiger partial charge < -0.3 is 0 Å². The molecule has 0 saturated carbocycles. The Morgan fingerprint density at radius 2 is 0.595 bits per heavy atom. The second-order valence-electron chi connectivity index (χ2n) is 19.1. The SMILES string of the molecule is c1ccc(-c2cccc(-c3nc(-c4ccccc4)nc(-c4ccc(-c5cc(-c6cccc(-c7ccc8c9c(cccc79)-c7c(-c9ccccc9)ccc(-c9ccccc9)c7-8)c6)c6ccccc6c5)cc4)n3)c2)cc1. The van der Waals surface area contributed by atoms with E-state index in [0.29, 0.717) is 17.5 Å². The highest BCUT2D eigenvalue weighted by Crippen LogP contribution is 2.56. The van der Waals surface area contributed by atoms with Gasteiger partial charge in [0.25, 0.3) is 0 Å². The molecule has 0 saturated heterocycles. The van der Waals surface area contributed by atoms with E-state index < -0.39 is 0 Å². The van der Waals surface area contributed by atoms with Crippen LogP contribution in [0.15, 0.2) is 273 Å². The van der Waals surface area contributed by atoms with Crippen molar-refractivity contribution in [3.05, 3.63) is 273 Å². The Morgan fingerprint density at radius 3 is 1.24 bits per heavy atom. The second kappa shape index (κ2) is 18.1. The molecular weight excluding hydrogens is 895 g/mol. The molecule has 344 valence electrons. The van der Waals surface area contributed by atoms with Crippen molar-refractivity contribution in [2.75, 3.05) is 0 Å². The van der Waals surface area contributed by atoms with E-state index in [1.165, 1.54) is 88.3 Å². The number of fused-ring (bicyclic) bond motifs is 4. The molecule has 14 rings (SSSR count). The fourth-order valence-corrected chi connectivity index (χ4v) is 11.2. The summed E-state index contributed by atoms with van der Waals surface area (Å²) < 4.78 is 0. The molecule has 1 aliphatic rings. The molecule has 3 nitrogen and oxygen atoms in total. The molecule has 1 aliphatic carbocycles. The summed E-state index contributed by atoms with van der Waals surface area (Å²) in [4.78, 5) is 15.2. The molecular formula is C71H45N3. The van der Waals surface area contributed by atoms with Gasteiger partial charge >= 0.3 is 0 Å². The summed E-state index contributed by atoms with van der Waals surface area (Å²) in [5.74, 6) is 1.90. The molecule has 1 aromatic heterocycles. The summed E-state index contributed by atoms with van der Waals surface area (Å²) in [5.41, 5.74) is 22.2. The van der Waals surface area contributed by atoms with Crippen LogP contribution in [0.3, 0.4) is 0 Å². The number of hydrogen-bond donors (Lipinski definition) is 0. The first-order chi connectivity index (χ1) is 36.7. The van der Waals surface area contributed by atoms with Gasteiger partial charge in [-0.2, -0.15) is 0 Å². The van der Waals surface area contributed by atoms with E-state index in [1.54, 1.807) is 0 Å². The predicted molar refractivity (Wildman–Crippen MR) is 308 cm³/mol. The maximum atomic E-state index is 5.12. The molecule has 0 aliphatic heterocycles. The lowest BCUT2D eigenvalue weighted by Crippen LogP contribution is -2.00. The van der Waals surface area contributed by atoms with E-state index in [4.69, 9.17) is 15.0 Å². The Hall–Kier alpha value is -9.83. The van der Waals surface area contributed by atoms with Crippen LogP contribution in [0.1, 0.15) is 0 Å². The van der Waals surface area contributed by atoms with E-state index in [0.717, 1.165) is 38.9 Å². The third-order valence-electron chi connectivity index (χ3n) is 14.7. The van der Waals surface area contributed by atoms with Crippen LogP contribution in [0.5, 0.6) is 0 Å². The van der Waals surface area contributed by atoms with Gasteiger partial charge in [-0.3, -0.25) is 0 Å². The highest BCUT2D eigenvalue weighted by atomic mass is 15.0. The van der Waals surface area contributed by atoms with Crippen LogP contribution in [0.25, 0.3) is 145 Å². The van der Waals surface area contributed by atoms with Gasteiger partial charge in [-0.15, -0.1) is 0 Å². The molecule has 12 aromatic carbocycles. The highest BCUT2D eigenvalue weighted by molar-refractivity contribution is 6.23. The molecule has 0 unspecified atom stereocenters. The largest absolute Gasteiger partial charge is 0.208 e. The van der Waals surface area contributed by atoms with Gasteiger partial charge in [0.2, 0.25) is 0 Å². The van der Waals surface area contributed by atoms with Crippen LogP contribution in [0.4, 0.5) is 0 Å². The minimum Gasteiger partial charge on any atom is -0.208 e. The lowest BCUT2D eigenvalue weighted by atomic mass is 9.88. The summed E-state index contributed by atoms with van der Waals surface area (Å²) >= 11 is 0. The van der Waals surface area contributed by atoms with Crippen LogP contribution >= 0.6 is 0 Å². The number of rotatable bonds is 9. The normalized spacial score (nSPS) is 11.5. The summed E-state index contributed by atoms with van der Waals surface area (Å²) in [6.45, 7) is 0. The average molecular weight is 940 g/mol. The molecule has 0 amide bonds. The quantitative estimate of drug-likeness (QED) is 0.145. The molecule has 0 N–H and O–H groups in total. The minimum absolute atomic E-state index is 0.627. The third-order valence-corrected chi connectivity index (χ3v) is 14.7. The highest BCUT2D eigenvalue weighted by Gasteiger charge is 2.29. The monoisotopic (exact) mass is 939 g/mol. The number of benzene rings is 12. The Kier molecular flexibility index (Phi) is 10.5. The van der Waals surface area contributed by atoms with Crippen LogP contribution < -0.4 is 0 Å². The molecule has 3 heteroatoms. The first-order valence-corrected chi connectivity index (χ1v) is 25.2. The van der Waals surface area contributed by atoms with Crippen LogP contribution in [0, 0.1) is 0 Å². The van der Waals surface area contributed by atoms with Crippen molar-refractivity contribution in [1.82, 2.24) is 15.0 Å². The van der Waals surface area contributed by atoms with E-state index >= 15 is 0 Å². The molecule has 0 spiro atoms. The third kappa shape index (κ3) is 7.58. The minimum atomic E-state index is 0.627. The van der Waals surface area contributed by atoms with Crippen molar-refractivity contribution in [1.29, 1.82) is 0 Å². The van der Waals surface area contributed by atoms with Gasteiger partial charge in [-0.25, -0.2) is 15.0 Å². The molecule has 13 aromatic rings. The Morgan fingerprint density at radius 1 is 0.189 bits per heavy atom. The predicted octanol–water partition coefficient (Wildman–Crippen LogP) is 18.8. The van der Waals surface area contributed by atoms with Gasteiger partial charge in [0.15, 0.2) is 17.5 Å². The maximum absolute atomic E-state index is 5.12. The molecule has 1 heterocycles. The summed E-state index contributed by atoms with van der Waals surface area (Å²) in [5, 5.41) is 4.97. The van der Waals surface area contributed by atoms with E-state index in [9.17, 15) is 0 Å². The summed E-state index contributed by atoms with van der Waals surface area (Å²) in [6.07, 6.45) is 0. The van der Waals surface area contributed by atoms with E-state index in [1.807, 2.05) is 36.4 Å². The molecule has 0 radical (unpaired) electrons. The fourth-order valence-electron chi connectivity index (χ4n) is 11.2. The van der Waals surface area contributed by atoms with Gasteiger partial charge in [0.1, 0.15) is 0 Å². The zero-order valence-electron chi connectivity index (χ0n) is 40.3. The molecule has 74 heavy (non-hydrogen) atoms. The summed E-state index contributed by atoms with van der Waals surface area (Å²) in [7, 11) is 0. The Bertz CT molecular complexity index is 4190. The van der Waals surface area contributed by atoms with Crippen molar-refractivity contribution < 1.29 is 0 Å². The van der Waals surface area contributed by atoms with Gasteiger partial charge in [0.05, 0.1) is 0 Å². The summed E-state index contributed by atoms with van der Waals surface area (Å²) in [6, 6.07) is 98.0. The standard InChI is InChI=1S/C71H45N3/c1-5-18-46(19-6-1)52-27-15-30-56(42-52)71-73-69(50-24-11-4-12-25-50)72-70(74-71)51-36-34-47(35-37-51)57-44-53-26-13-14-31-58(53)65(45-57)55-29-16-28-54(43-55)59-38-41-64-66-62(59)32-17-33-63(66)67-60(48-20-7-2-8-21-48)39-40-61(68(64)67)49-22-9-3-10-23-49/h1-45H. The second-order valence-corrected chi connectivity index (χ2v) is 19.1. The topological polar surface area (TPSA) is 38.7 Å². The van der Waals surface area contributed by atoms with Crippen LogP contribution in [-0.4, -0.2) is 15.0 Å². The van der Waals surface area contributed by atoms with E-state index in [2.05, 4.69) is 237 Å². The number of nitrogens with zero attached hydrogens (tertiary/aromatic N) is 3. The average Bonchev–Trinajstić information content (AvgIpc) is 3.88.